The first-order chi connectivity index (χ1) is 7.60. The lowest BCUT2D eigenvalue weighted by atomic mass is 9.73. The lowest BCUT2D eigenvalue weighted by Gasteiger charge is -2.50. The smallest absolute Gasteiger partial charge is 0.223 e. The minimum Gasteiger partial charge on any atom is -0.359 e. The van der Waals surface area contributed by atoms with Gasteiger partial charge >= 0.3 is 0 Å². The second-order valence-electron chi connectivity index (χ2n) is 4.83. The summed E-state index contributed by atoms with van der Waals surface area (Å²) in [7, 11) is 0. The van der Waals surface area contributed by atoms with Gasteiger partial charge in [-0.05, 0) is 6.42 Å². The lowest BCUT2D eigenvalue weighted by molar-refractivity contribution is -0.318. The number of hydrogen-bond donors (Lipinski definition) is 0. The van der Waals surface area contributed by atoms with E-state index in [0.29, 0.717) is 6.42 Å². The first-order valence-corrected chi connectivity index (χ1v) is 5.79. The summed E-state index contributed by atoms with van der Waals surface area (Å²) in [5.74, 6) is -0.218. The third-order valence-corrected chi connectivity index (χ3v) is 4.17. The van der Waals surface area contributed by atoms with Crippen LogP contribution in [0.3, 0.4) is 0 Å². The van der Waals surface area contributed by atoms with Gasteiger partial charge in [-0.1, -0.05) is 20.8 Å². The molecular weight excluding hydrogens is 212 g/mol. The number of hydrogen-bond acceptors (Lipinski definition) is 5. The van der Waals surface area contributed by atoms with E-state index in [9.17, 15) is 4.79 Å². The molecule has 0 amide bonds. The molecule has 3 aliphatic rings. The van der Waals surface area contributed by atoms with Crippen molar-refractivity contribution >= 4 is 5.78 Å². The Morgan fingerprint density at radius 3 is 2.75 bits per heavy atom. The van der Waals surface area contributed by atoms with Crippen LogP contribution in [0.2, 0.25) is 0 Å². The molecule has 6 atom stereocenters. The Morgan fingerprint density at radius 2 is 2.06 bits per heavy atom. The summed E-state index contributed by atoms with van der Waals surface area (Å²) >= 11 is 0. The van der Waals surface area contributed by atoms with E-state index >= 15 is 0 Å². The Bertz CT molecular complexity index is 330. The Balaban J connectivity index is 2.05. The Hall–Kier alpha value is -0.490. The van der Waals surface area contributed by atoms with Crippen LogP contribution in [0.5, 0.6) is 0 Å². The monoisotopic (exact) mass is 228 g/mol. The molecule has 3 aliphatic heterocycles. The predicted molar refractivity (Wildman–Crippen MR) is 52.1 cm³/mol. The molecule has 3 rings (SSSR count). The van der Waals surface area contributed by atoms with Crippen LogP contribution in [0, 0.1) is 11.8 Å². The van der Waals surface area contributed by atoms with E-state index in [-0.39, 0.29) is 23.7 Å². The molecule has 90 valence electrons. The Morgan fingerprint density at radius 1 is 1.31 bits per heavy atom. The van der Waals surface area contributed by atoms with E-state index in [0.717, 1.165) is 0 Å². The molecule has 3 saturated heterocycles. The van der Waals surface area contributed by atoms with Gasteiger partial charge in [-0.25, -0.2) is 0 Å². The quantitative estimate of drug-likeness (QED) is 0.627. The van der Waals surface area contributed by atoms with Gasteiger partial charge in [-0.15, -0.1) is 0 Å². The number of Topliss-reactive ketones (excluding diaryl/α,β-unsaturated/α-hetero) is 1. The largest absolute Gasteiger partial charge is 0.359 e. The average molecular weight is 228 g/mol. The normalized spacial score (nSPS) is 55.4. The molecule has 3 heterocycles. The molecular formula is C11H16O5. The highest BCUT2D eigenvalue weighted by molar-refractivity contribution is 5.85. The summed E-state index contributed by atoms with van der Waals surface area (Å²) in [5.41, 5.74) is -0.679. The van der Waals surface area contributed by atoms with Crippen molar-refractivity contribution in [3.05, 3.63) is 0 Å². The highest BCUT2D eigenvalue weighted by atomic mass is 17.3. The fraction of sp³-hybridized carbons (Fsp3) is 0.909. The zero-order valence-corrected chi connectivity index (χ0v) is 9.64. The summed E-state index contributed by atoms with van der Waals surface area (Å²) in [6.45, 7) is 5.71. The van der Waals surface area contributed by atoms with Crippen LogP contribution in [0.1, 0.15) is 27.2 Å². The SMILES string of the molecule is CC[C@]12O[C@H]([C@@H]3OO[C@H]1O3)[C@H](C)C(=O)[C@@H]2C. The van der Waals surface area contributed by atoms with Gasteiger partial charge in [0.05, 0.1) is 0 Å². The van der Waals surface area contributed by atoms with Crippen molar-refractivity contribution in [2.45, 2.75) is 51.5 Å². The number of carbonyl (C=O) groups excluding carboxylic acids is 1. The summed E-state index contributed by atoms with van der Waals surface area (Å²) in [4.78, 5) is 22.4. The van der Waals surface area contributed by atoms with E-state index in [1.165, 1.54) is 0 Å². The second-order valence-corrected chi connectivity index (χ2v) is 4.83. The van der Waals surface area contributed by atoms with Crippen molar-refractivity contribution in [2.75, 3.05) is 0 Å². The number of fused-ring (bicyclic) bond motifs is 6. The van der Waals surface area contributed by atoms with Crippen molar-refractivity contribution in [1.29, 1.82) is 0 Å². The zero-order chi connectivity index (χ0) is 11.5. The molecule has 0 saturated carbocycles. The average Bonchev–Trinajstić information content (AvgIpc) is 2.73. The molecule has 4 bridgehead atoms. The summed E-state index contributed by atoms with van der Waals surface area (Å²) in [5, 5.41) is 0. The maximum atomic E-state index is 12.2. The van der Waals surface area contributed by atoms with Crippen LogP contribution in [0.15, 0.2) is 0 Å². The molecule has 0 aromatic heterocycles. The van der Waals surface area contributed by atoms with Gasteiger partial charge in [-0.3, -0.25) is 4.79 Å². The topological polar surface area (TPSA) is 54.0 Å². The lowest BCUT2D eigenvalue weighted by Crippen LogP contribution is -2.65. The molecule has 5 heteroatoms. The van der Waals surface area contributed by atoms with Crippen LogP contribution in [0.4, 0.5) is 0 Å². The van der Waals surface area contributed by atoms with Crippen molar-refractivity contribution in [2.24, 2.45) is 11.8 Å². The van der Waals surface area contributed by atoms with E-state index < -0.39 is 18.2 Å². The highest BCUT2D eigenvalue weighted by Crippen LogP contribution is 2.49. The number of ether oxygens (including phenoxy) is 2. The molecule has 0 aromatic carbocycles. The molecule has 0 aromatic rings. The molecule has 0 radical (unpaired) electrons. The van der Waals surface area contributed by atoms with Crippen molar-refractivity contribution in [3.63, 3.8) is 0 Å². The van der Waals surface area contributed by atoms with Crippen LogP contribution in [0.25, 0.3) is 0 Å². The second kappa shape index (κ2) is 3.26. The van der Waals surface area contributed by atoms with E-state index in [2.05, 4.69) is 0 Å². The Kier molecular flexibility index (Phi) is 2.17. The number of ketones is 1. The molecule has 0 unspecified atom stereocenters. The van der Waals surface area contributed by atoms with E-state index in [4.69, 9.17) is 19.2 Å². The van der Waals surface area contributed by atoms with Crippen molar-refractivity contribution < 1.29 is 24.0 Å². The van der Waals surface area contributed by atoms with Gasteiger partial charge in [0.15, 0.2) is 0 Å². The minimum absolute atomic E-state index is 0.206. The minimum atomic E-state index is -0.679. The van der Waals surface area contributed by atoms with E-state index in [1.54, 1.807) is 0 Å². The number of rotatable bonds is 1. The first-order valence-electron chi connectivity index (χ1n) is 5.79. The zero-order valence-electron chi connectivity index (χ0n) is 9.64. The van der Waals surface area contributed by atoms with Gasteiger partial charge in [-0.2, -0.15) is 9.78 Å². The van der Waals surface area contributed by atoms with Crippen molar-refractivity contribution in [1.82, 2.24) is 0 Å². The first kappa shape index (κ1) is 10.7. The summed E-state index contributed by atoms with van der Waals surface area (Å²) in [6.07, 6.45) is -0.812. The maximum Gasteiger partial charge on any atom is 0.223 e. The van der Waals surface area contributed by atoms with Gasteiger partial charge in [0.2, 0.25) is 12.6 Å². The molecule has 0 aliphatic carbocycles. The van der Waals surface area contributed by atoms with Crippen molar-refractivity contribution in [3.8, 4) is 0 Å². The molecule has 0 N–H and O–H groups in total. The van der Waals surface area contributed by atoms with Gasteiger partial charge < -0.3 is 9.47 Å². The predicted octanol–water partition coefficient (Wildman–Crippen LogP) is 1.02. The summed E-state index contributed by atoms with van der Waals surface area (Å²) in [6, 6.07) is 0. The molecule has 16 heavy (non-hydrogen) atoms. The van der Waals surface area contributed by atoms with Crippen LogP contribution < -0.4 is 0 Å². The van der Waals surface area contributed by atoms with E-state index in [1.807, 2.05) is 20.8 Å². The summed E-state index contributed by atoms with van der Waals surface area (Å²) < 4.78 is 11.7. The Labute approximate surface area is 93.9 Å². The highest BCUT2D eigenvalue weighted by Gasteiger charge is 2.64. The van der Waals surface area contributed by atoms with Crippen LogP contribution >= 0.6 is 0 Å². The van der Waals surface area contributed by atoms with Gasteiger partial charge in [0, 0.05) is 11.8 Å². The van der Waals surface area contributed by atoms with Gasteiger partial charge in [0.25, 0.3) is 0 Å². The molecule has 5 nitrogen and oxygen atoms in total. The third-order valence-electron chi connectivity index (χ3n) is 4.17. The van der Waals surface area contributed by atoms with Crippen LogP contribution in [-0.2, 0) is 24.0 Å². The third kappa shape index (κ3) is 1.07. The fourth-order valence-corrected chi connectivity index (χ4v) is 2.96. The standard InChI is InChI=1S/C11H16O5/c1-4-11-6(3)7(12)5(2)8(14-11)9-13-10(11)16-15-9/h5-6,8-10H,4H2,1-3H3/t5-,6+,8+,9+,10-,11-/m1/s1. The fourth-order valence-electron chi connectivity index (χ4n) is 2.96. The number of carbonyl (C=O) groups is 1. The van der Waals surface area contributed by atoms with Crippen LogP contribution in [-0.4, -0.2) is 30.1 Å². The van der Waals surface area contributed by atoms with Gasteiger partial charge in [0.1, 0.15) is 17.5 Å². The maximum absolute atomic E-state index is 12.2. The molecule has 3 fully saturated rings. The molecule has 0 spiro atoms.